The Balaban J connectivity index is 2.17. The first-order valence-electron chi connectivity index (χ1n) is 3.93. The van der Waals surface area contributed by atoms with Crippen molar-refractivity contribution in [2.24, 2.45) is 10.9 Å². The highest BCUT2D eigenvalue weighted by molar-refractivity contribution is 5.86. The number of aliphatic imine (C=N–C) groups is 1. The Hall–Kier alpha value is -0.790. The molecular formula is C8H12N2. The van der Waals surface area contributed by atoms with Gasteiger partial charge in [0.2, 0.25) is 0 Å². The third-order valence-electron chi connectivity index (χ3n) is 2.15. The van der Waals surface area contributed by atoms with Gasteiger partial charge >= 0.3 is 0 Å². The lowest BCUT2D eigenvalue weighted by molar-refractivity contribution is 0.552. The Kier molecular flexibility index (Phi) is 1.46. The van der Waals surface area contributed by atoms with E-state index in [1.165, 1.54) is 25.1 Å². The molecule has 0 bridgehead atoms. The average Bonchev–Trinajstić information content (AvgIpc) is 2.05. The van der Waals surface area contributed by atoms with Gasteiger partial charge in [0.15, 0.2) is 0 Å². The molecule has 0 aromatic heterocycles. The molecule has 2 nitrogen and oxygen atoms in total. The largest absolute Gasteiger partial charge is 0.351 e. The topological polar surface area (TPSA) is 24.4 Å². The zero-order chi connectivity index (χ0) is 6.81. The second kappa shape index (κ2) is 2.45. The van der Waals surface area contributed by atoms with Crippen LogP contribution in [-0.4, -0.2) is 12.4 Å². The lowest BCUT2D eigenvalue weighted by Crippen LogP contribution is -2.32. The minimum Gasteiger partial charge on any atom is -0.351 e. The second-order valence-electron chi connectivity index (χ2n) is 2.89. The van der Waals surface area contributed by atoms with Gasteiger partial charge in [0.1, 0.15) is 5.84 Å². The van der Waals surface area contributed by atoms with Crippen LogP contribution >= 0.6 is 0 Å². The summed E-state index contributed by atoms with van der Waals surface area (Å²) < 4.78 is 0. The van der Waals surface area contributed by atoms with Crippen molar-refractivity contribution < 1.29 is 0 Å². The van der Waals surface area contributed by atoms with Crippen LogP contribution in [0.5, 0.6) is 0 Å². The molecule has 0 aromatic carbocycles. The fraction of sp³-hybridized carbons (Fsp3) is 0.625. The van der Waals surface area contributed by atoms with Gasteiger partial charge in [0.05, 0.1) is 0 Å². The summed E-state index contributed by atoms with van der Waals surface area (Å²) in [6, 6.07) is 0. The summed E-state index contributed by atoms with van der Waals surface area (Å²) in [6.07, 6.45) is 7.96. The summed E-state index contributed by atoms with van der Waals surface area (Å²) in [5.41, 5.74) is 0. The van der Waals surface area contributed by atoms with Crippen LogP contribution in [0.1, 0.15) is 19.3 Å². The number of hydrogen-bond acceptors (Lipinski definition) is 2. The molecule has 0 radical (unpaired) electrons. The van der Waals surface area contributed by atoms with Crippen LogP contribution in [0.4, 0.5) is 0 Å². The zero-order valence-electron chi connectivity index (χ0n) is 6.01. The highest BCUT2D eigenvalue weighted by Crippen LogP contribution is 2.19. The van der Waals surface area contributed by atoms with Gasteiger partial charge in [0, 0.05) is 12.5 Å². The van der Waals surface area contributed by atoms with Gasteiger partial charge in [-0.1, -0.05) is 6.08 Å². The van der Waals surface area contributed by atoms with Crippen molar-refractivity contribution in [2.75, 3.05) is 6.54 Å². The first-order chi connectivity index (χ1) is 4.97. The highest BCUT2D eigenvalue weighted by atomic mass is 15.0. The summed E-state index contributed by atoms with van der Waals surface area (Å²) in [7, 11) is 0. The maximum absolute atomic E-state index is 4.41. The number of fused-ring (bicyclic) bond motifs is 1. The summed E-state index contributed by atoms with van der Waals surface area (Å²) in [6.45, 7) is 1.02. The van der Waals surface area contributed by atoms with Crippen LogP contribution < -0.4 is 5.32 Å². The van der Waals surface area contributed by atoms with Gasteiger partial charge in [-0.25, -0.2) is 0 Å². The minimum atomic E-state index is 0.707. The average molecular weight is 136 g/mol. The van der Waals surface area contributed by atoms with Crippen LogP contribution in [0.3, 0.4) is 0 Å². The van der Waals surface area contributed by atoms with Crippen molar-refractivity contribution in [3.8, 4) is 0 Å². The lowest BCUT2D eigenvalue weighted by Gasteiger charge is -2.24. The third kappa shape index (κ3) is 0.939. The summed E-state index contributed by atoms with van der Waals surface area (Å²) >= 11 is 0. The quantitative estimate of drug-likeness (QED) is 0.533. The molecule has 0 saturated carbocycles. The fourth-order valence-corrected chi connectivity index (χ4v) is 1.57. The van der Waals surface area contributed by atoms with E-state index in [4.69, 9.17) is 0 Å². The molecule has 2 aliphatic heterocycles. The smallest absolute Gasteiger partial charge is 0.104 e. The van der Waals surface area contributed by atoms with Gasteiger partial charge < -0.3 is 5.32 Å². The van der Waals surface area contributed by atoms with Crippen molar-refractivity contribution in [3.05, 3.63) is 12.3 Å². The van der Waals surface area contributed by atoms with Crippen LogP contribution in [0.2, 0.25) is 0 Å². The highest BCUT2D eigenvalue weighted by Gasteiger charge is 2.18. The molecule has 1 atom stereocenters. The molecule has 0 saturated heterocycles. The van der Waals surface area contributed by atoms with E-state index in [9.17, 15) is 0 Å². The molecule has 0 amide bonds. The molecule has 1 unspecified atom stereocenters. The Labute approximate surface area is 61.0 Å². The maximum atomic E-state index is 4.41. The summed E-state index contributed by atoms with van der Waals surface area (Å²) in [5.74, 6) is 1.92. The van der Waals surface area contributed by atoms with Crippen LogP contribution in [0, 0.1) is 5.92 Å². The fourth-order valence-electron chi connectivity index (χ4n) is 1.57. The van der Waals surface area contributed by atoms with Crippen molar-refractivity contribution in [2.45, 2.75) is 19.3 Å². The Morgan fingerprint density at radius 1 is 1.60 bits per heavy atom. The molecule has 10 heavy (non-hydrogen) atoms. The predicted molar refractivity (Wildman–Crippen MR) is 41.9 cm³/mol. The number of amidine groups is 1. The standard InChI is InChI=1S/C8H12N2/c1-3-7-4-2-6-10-8(7)9-5-1/h1,5,7H,2-4,6H2,(H,9,10). The van der Waals surface area contributed by atoms with E-state index in [1.54, 1.807) is 0 Å². The monoisotopic (exact) mass is 136 g/mol. The van der Waals surface area contributed by atoms with Crippen molar-refractivity contribution >= 4 is 5.84 Å². The molecule has 2 heteroatoms. The van der Waals surface area contributed by atoms with E-state index in [1.807, 2.05) is 6.20 Å². The molecule has 0 aromatic rings. The predicted octanol–water partition coefficient (Wildman–Crippen LogP) is 1.30. The lowest BCUT2D eigenvalue weighted by atomic mass is 9.94. The Morgan fingerprint density at radius 3 is 3.50 bits per heavy atom. The van der Waals surface area contributed by atoms with Crippen LogP contribution in [0.25, 0.3) is 0 Å². The Bertz CT molecular complexity index is 182. The van der Waals surface area contributed by atoms with E-state index in [0.717, 1.165) is 6.54 Å². The number of nitrogens with one attached hydrogen (secondary N) is 1. The molecule has 0 aliphatic carbocycles. The molecule has 2 heterocycles. The SMILES string of the molecule is C1=CNC2=NCCCC2C1. The summed E-state index contributed by atoms with van der Waals surface area (Å²) in [4.78, 5) is 4.41. The minimum absolute atomic E-state index is 0.707. The van der Waals surface area contributed by atoms with E-state index in [0.29, 0.717) is 5.92 Å². The second-order valence-corrected chi connectivity index (χ2v) is 2.89. The maximum Gasteiger partial charge on any atom is 0.104 e. The first-order valence-corrected chi connectivity index (χ1v) is 3.93. The van der Waals surface area contributed by atoms with Crippen LogP contribution in [-0.2, 0) is 0 Å². The van der Waals surface area contributed by atoms with Crippen LogP contribution in [0.15, 0.2) is 17.3 Å². The molecule has 54 valence electrons. The van der Waals surface area contributed by atoms with E-state index in [2.05, 4.69) is 16.4 Å². The van der Waals surface area contributed by atoms with Gasteiger partial charge in [-0.3, -0.25) is 4.99 Å². The van der Waals surface area contributed by atoms with Crippen molar-refractivity contribution in [3.63, 3.8) is 0 Å². The van der Waals surface area contributed by atoms with E-state index >= 15 is 0 Å². The van der Waals surface area contributed by atoms with Gasteiger partial charge in [-0.05, 0) is 25.5 Å². The zero-order valence-corrected chi connectivity index (χ0v) is 6.01. The van der Waals surface area contributed by atoms with E-state index in [-0.39, 0.29) is 0 Å². The van der Waals surface area contributed by atoms with E-state index < -0.39 is 0 Å². The van der Waals surface area contributed by atoms with Gasteiger partial charge in [-0.2, -0.15) is 0 Å². The number of hydrogen-bond donors (Lipinski definition) is 1. The van der Waals surface area contributed by atoms with Gasteiger partial charge in [-0.15, -0.1) is 0 Å². The first kappa shape index (κ1) is 5.96. The van der Waals surface area contributed by atoms with Crippen molar-refractivity contribution in [1.82, 2.24) is 5.32 Å². The molecule has 2 rings (SSSR count). The number of rotatable bonds is 0. The molecule has 2 aliphatic rings. The Morgan fingerprint density at radius 2 is 2.60 bits per heavy atom. The number of nitrogens with zero attached hydrogens (tertiary/aromatic N) is 1. The normalized spacial score (nSPS) is 30.4. The van der Waals surface area contributed by atoms with Gasteiger partial charge in [0.25, 0.3) is 0 Å². The number of allylic oxidation sites excluding steroid dienone is 1. The third-order valence-corrected chi connectivity index (χ3v) is 2.15. The summed E-state index contributed by atoms with van der Waals surface area (Å²) in [5, 5.41) is 3.19. The molecule has 0 fully saturated rings. The van der Waals surface area contributed by atoms with Crippen molar-refractivity contribution in [1.29, 1.82) is 0 Å². The molecule has 0 spiro atoms. The molecule has 1 N–H and O–H groups in total. The molecular weight excluding hydrogens is 124 g/mol.